The van der Waals surface area contributed by atoms with Gasteiger partial charge < -0.3 is 5.32 Å². The first-order valence-electron chi connectivity index (χ1n) is 8.42. The van der Waals surface area contributed by atoms with Crippen LogP contribution in [0.4, 0.5) is 4.39 Å². The first kappa shape index (κ1) is 21.2. The third-order valence-corrected chi connectivity index (χ3v) is 6.89. The van der Waals surface area contributed by atoms with Gasteiger partial charge in [0.2, 0.25) is 0 Å². The topological polar surface area (TPSA) is 76.1 Å². The monoisotopic (exact) mass is 452 g/mol. The van der Waals surface area contributed by atoms with Gasteiger partial charge in [-0.25, -0.2) is 12.8 Å². The average Bonchev–Trinajstić information content (AvgIpc) is 2.69. The number of carbonyl (C=O) groups is 1. The van der Waals surface area contributed by atoms with Crippen molar-refractivity contribution in [2.24, 2.45) is 0 Å². The zero-order valence-corrected chi connectivity index (χ0v) is 17.2. The third-order valence-electron chi connectivity index (χ3n) is 4.21. The molecule has 0 saturated carbocycles. The Hall–Kier alpha value is -2.48. The van der Waals surface area contributed by atoms with Crippen LogP contribution in [0.25, 0.3) is 0 Å². The second-order valence-electron chi connectivity index (χ2n) is 6.08. The Morgan fingerprint density at radius 1 is 1.07 bits per heavy atom. The summed E-state index contributed by atoms with van der Waals surface area (Å²) < 4.78 is 40.4. The highest BCUT2D eigenvalue weighted by Gasteiger charge is 2.30. The maximum Gasteiger partial charge on any atom is 0.255 e. The summed E-state index contributed by atoms with van der Waals surface area (Å²) in [6.07, 6.45) is 2.91. The van der Waals surface area contributed by atoms with Crippen molar-refractivity contribution in [2.45, 2.75) is 10.1 Å². The van der Waals surface area contributed by atoms with Crippen LogP contribution in [0.2, 0.25) is 10.0 Å². The molecule has 0 spiro atoms. The van der Waals surface area contributed by atoms with E-state index in [2.05, 4.69) is 10.3 Å². The van der Waals surface area contributed by atoms with Crippen LogP contribution in [-0.2, 0) is 9.84 Å². The number of aromatic nitrogens is 1. The Kier molecular flexibility index (Phi) is 6.52. The molecule has 1 aromatic heterocycles. The SMILES string of the molecule is O=C(NCC(c1cccnc1)S(=O)(=O)c1ccc(Cl)cc1)c1c(F)cccc1Cl. The predicted octanol–water partition coefficient (Wildman–Crippen LogP) is 4.47. The van der Waals surface area contributed by atoms with Crippen LogP contribution in [0.5, 0.6) is 0 Å². The van der Waals surface area contributed by atoms with Crippen molar-refractivity contribution >= 4 is 38.9 Å². The van der Waals surface area contributed by atoms with Gasteiger partial charge in [0.15, 0.2) is 9.84 Å². The summed E-state index contributed by atoms with van der Waals surface area (Å²) in [4.78, 5) is 16.5. The Balaban J connectivity index is 1.93. The van der Waals surface area contributed by atoms with Crippen molar-refractivity contribution in [1.29, 1.82) is 0 Å². The van der Waals surface area contributed by atoms with Gasteiger partial charge >= 0.3 is 0 Å². The van der Waals surface area contributed by atoms with E-state index in [0.717, 1.165) is 6.07 Å². The summed E-state index contributed by atoms with van der Waals surface area (Å²) in [5.41, 5.74) is 0.0328. The van der Waals surface area contributed by atoms with Crippen molar-refractivity contribution in [3.63, 3.8) is 0 Å². The van der Waals surface area contributed by atoms with Crippen LogP contribution in [-0.4, -0.2) is 25.9 Å². The first-order valence-corrected chi connectivity index (χ1v) is 10.7. The zero-order valence-electron chi connectivity index (χ0n) is 14.8. The van der Waals surface area contributed by atoms with E-state index in [1.165, 1.54) is 48.8 Å². The molecule has 0 aliphatic rings. The fraction of sp³-hybridized carbons (Fsp3) is 0.100. The lowest BCUT2D eigenvalue weighted by atomic mass is 10.1. The second-order valence-corrected chi connectivity index (χ2v) is 9.05. The molecule has 0 radical (unpaired) electrons. The van der Waals surface area contributed by atoms with Gasteiger partial charge in [0.05, 0.1) is 15.5 Å². The van der Waals surface area contributed by atoms with Gasteiger partial charge in [-0.2, -0.15) is 0 Å². The summed E-state index contributed by atoms with van der Waals surface area (Å²) >= 11 is 11.8. The quantitative estimate of drug-likeness (QED) is 0.598. The number of rotatable bonds is 6. The lowest BCUT2D eigenvalue weighted by Gasteiger charge is -2.19. The largest absolute Gasteiger partial charge is 0.350 e. The summed E-state index contributed by atoms with van der Waals surface area (Å²) in [7, 11) is -3.91. The fourth-order valence-corrected chi connectivity index (χ4v) is 4.77. The molecule has 1 heterocycles. The maximum absolute atomic E-state index is 14.0. The molecular weight excluding hydrogens is 438 g/mol. The van der Waals surface area contributed by atoms with Crippen molar-refractivity contribution in [2.75, 3.05) is 6.54 Å². The van der Waals surface area contributed by atoms with E-state index in [4.69, 9.17) is 23.2 Å². The van der Waals surface area contributed by atoms with Gasteiger partial charge in [0.25, 0.3) is 5.91 Å². The Bertz CT molecular complexity index is 1100. The van der Waals surface area contributed by atoms with Gasteiger partial charge in [-0.1, -0.05) is 35.3 Å². The molecule has 5 nitrogen and oxygen atoms in total. The van der Waals surface area contributed by atoms with E-state index in [0.29, 0.717) is 10.6 Å². The van der Waals surface area contributed by atoms with E-state index in [9.17, 15) is 17.6 Å². The molecular formula is C20H15Cl2FN2O3S. The fourth-order valence-electron chi connectivity index (χ4n) is 2.75. The molecule has 1 atom stereocenters. The maximum atomic E-state index is 14.0. The molecule has 0 bridgehead atoms. The summed E-state index contributed by atoms with van der Waals surface area (Å²) in [5, 5.41) is 1.65. The molecule has 1 amide bonds. The summed E-state index contributed by atoms with van der Waals surface area (Å²) in [6, 6.07) is 12.7. The highest BCUT2D eigenvalue weighted by molar-refractivity contribution is 7.91. The van der Waals surface area contributed by atoms with Gasteiger partial charge in [0.1, 0.15) is 11.1 Å². The van der Waals surface area contributed by atoms with E-state index >= 15 is 0 Å². The number of hydrogen-bond acceptors (Lipinski definition) is 4. The number of amides is 1. The van der Waals surface area contributed by atoms with E-state index in [1.807, 2.05) is 0 Å². The average molecular weight is 453 g/mol. The number of pyridine rings is 1. The van der Waals surface area contributed by atoms with Crippen LogP contribution in [0.15, 0.2) is 71.9 Å². The van der Waals surface area contributed by atoms with Gasteiger partial charge in [0, 0.05) is 24.0 Å². The van der Waals surface area contributed by atoms with Crippen LogP contribution < -0.4 is 5.32 Å². The number of carbonyl (C=O) groups excluding carboxylic acids is 1. The van der Waals surface area contributed by atoms with Crippen LogP contribution in [0.3, 0.4) is 0 Å². The molecule has 1 unspecified atom stereocenters. The minimum absolute atomic E-state index is 0.0360. The molecule has 0 fully saturated rings. The number of nitrogens with zero attached hydrogens (tertiary/aromatic N) is 1. The van der Waals surface area contributed by atoms with Crippen molar-refractivity contribution in [3.05, 3.63) is 94.0 Å². The molecule has 9 heteroatoms. The lowest BCUT2D eigenvalue weighted by Crippen LogP contribution is -2.32. The van der Waals surface area contributed by atoms with Crippen LogP contribution in [0.1, 0.15) is 21.2 Å². The molecule has 2 aromatic carbocycles. The second kappa shape index (κ2) is 8.90. The first-order chi connectivity index (χ1) is 13.8. The van der Waals surface area contributed by atoms with Crippen LogP contribution >= 0.6 is 23.2 Å². The van der Waals surface area contributed by atoms with Crippen molar-refractivity contribution in [1.82, 2.24) is 10.3 Å². The van der Waals surface area contributed by atoms with Crippen molar-refractivity contribution in [3.8, 4) is 0 Å². The Morgan fingerprint density at radius 2 is 1.79 bits per heavy atom. The number of hydrogen-bond donors (Lipinski definition) is 1. The number of benzene rings is 2. The molecule has 3 rings (SSSR count). The smallest absolute Gasteiger partial charge is 0.255 e. The van der Waals surface area contributed by atoms with E-state index < -0.39 is 26.8 Å². The van der Waals surface area contributed by atoms with Gasteiger partial charge in [-0.05, 0) is 48.0 Å². The Labute approximate surface area is 177 Å². The van der Waals surface area contributed by atoms with E-state index in [-0.39, 0.29) is 22.0 Å². The van der Waals surface area contributed by atoms with Crippen LogP contribution in [0, 0.1) is 5.82 Å². The third kappa shape index (κ3) is 4.75. The molecule has 0 saturated heterocycles. The highest BCUT2D eigenvalue weighted by Crippen LogP contribution is 2.29. The molecule has 29 heavy (non-hydrogen) atoms. The zero-order chi connectivity index (χ0) is 21.0. The molecule has 3 aromatic rings. The van der Waals surface area contributed by atoms with Crippen molar-refractivity contribution < 1.29 is 17.6 Å². The molecule has 1 N–H and O–H groups in total. The number of halogens is 3. The highest BCUT2D eigenvalue weighted by atomic mass is 35.5. The standard InChI is InChI=1S/C20H15Cl2FN2O3S/c21-14-6-8-15(9-7-14)29(27,28)18(13-3-2-10-24-11-13)12-25-20(26)19-16(22)4-1-5-17(19)23/h1-11,18H,12H2,(H,25,26). The normalized spacial score (nSPS) is 12.4. The minimum atomic E-state index is -3.91. The molecule has 150 valence electrons. The number of nitrogens with one attached hydrogen (secondary N) is 1. The Morgan fingerprint density at radius 3 is 2.41 bits per heavy atom. The molecule has 0 aliphatic carbocycles. The summed E-state index contributed by atoms with van der Waals surface area (Å²) in [6.45, 7) is -0.305. The van der Waals surface area contributed by atoms with Gasteiger partial charge in [-0.3, -0.25) is 9.78 Å². The number of sulfone groups is 1. The van der Waals surface area contributed by atoms with E-state index in [1.54, 1.807) is 12.1 Å². The minimum Gasteiger partial charge on any atom is -0.350 e. The summed E-state index contributed by atoms with van der Waals surface area (Å²) in [5.74, 6) is -1.61. The van der Waals surface area contributed by atoms with Gasteiger partial charge in [-0.15, -0.1) is 0 Å². The lowest BCUT2D eigenvalue weighted by molar-refractivity contribution is 0.0950. The predicted molar refractivity (Wildman–Crippen MR) is 109 cm³/mol. The molecule has 0 aliphatic heterocycles.